The fourth-order valence-corrected chi connectivity index (χ4v) is 11.7. The minimum Gasteiger partial charge on any atom is -0.318 e. The second-order valence-corrected chi connectivity index (χ2v) is 18.4. The van der Waals surface area contributed by atoms with E-state index >= 15 is 0 Å². The third-order valence-electron chi connectivity index (χ3n) is 14.6. The number of para-hydroxylation sites is 7. The smallest absolute Gasteiger partial charge is 0.237 e. The van der Waals surface area contributed by atoms with Gasteiger partial charge in [0.15, 0.2) is 0 Å². The van der Waals surface area contributed by atoms with Crippen molar-refractivity contribution in [3.63, 3.8) is 0 Å². The van der Waals surface area contributed by atoms with Crippen LogP contribution >= 0.6 is 0 Å². The van der Waals surface area contributed by atoms with E-state index < -0.39 is 0 Å². The molecule has 0 N–H and O–H groups in total. The first kappa shape index (κ1) is 39.5. The molecule has 6 heteroatoms. The fraction of sp³-hybridized carbons (Fsp3) is 0.0312. The summed E-state index contributed by atoms with van der Waals surface area (Å²) in [6.45, 7) is 13.9. The summed E-state index contributed by atoms with van der Waals surface area (Å²) in [5, 5.41) is 20.9. The zero-order chi connectivity index (χ0) is 46.8. The van der Waals surface area contributed by atoms with Crippen LogP contribution in [0.3, 0.4) is 0 Å². The van der Waals surface area contributed by atoms with E-state index in [1.165, 1.54) is 16.7 Å². The molecule has 0 unspecified atom stereocenters. The Morgan fingerprint density at radius 1 is 0.371 bits per heavy atom. The lowest BCUT2D eigenvalue weighted by Gasteiger charge is -2.27. The van der Waals surface area contributed by atoms with Crippen LogP contribution in [0, 0.1) is 31.8 Å². The molecule has 6 nitrogen and oxygen atoms in total. The zero-order valence-electron chi connectivity index (χ0n) is 38.3. The van der Waals surface area contributed by atoms with Crippen molar-refractivity contribution in [1.29, 1.82) is 5.26 Å². The Labute approximate surface area is 402 Å². The van der Waals surface area contributed by atoms with Gasteiger partial charge in [-0.1, -0.05) is 157 Å². The minimum absolute atomic E-state index is 0.366. The Hall–Kier alpha value is -9.62. The molecule has 70 heavy (non-hydrogen) atoms. The third kappa shape index (κ3) is 5.36. The number of aromatic nitrogens is 4. The molecule has 0 atom stereocenters. The van der Waals surface area contributed by atoms with Crippen molar-refractivity contribution in [2.75, 3.05) is 0 Å². The van der Waals surface area contributed by atoms with Crippen molar-refractivity contribution in [3.8, 4) is 39.9 Å². The Balaban J connectivity index is 1.28. The van der Waals surface area contributed by atoms with Crippen molar-refractivity contribution < 1.29 is 0 Å². The molecule has 14 rings (SSSR count). The lowest BCUT2D eigenvalue weighted by molar-refractivity contribution is 1.03. The SMILES string of the molecule is [C-]#[N+]c1c(-n2c3ccccc3c3cc(-c4cc(C)ccc4C)ccc32)c(C#N)c(-n2c3ccccc3c3ccccc32)c(-n2c3ccccc3c3ccccc32)c1-n1c2ccccc2c2ccccc21. The van der Waals surface area contributed by atoms with Crippen LogP contribution in [-0.4, -0.2) is 18.3 Å². The van der Waals surface area contributed by atoms with Crippen LogP contribution in [0.15, 0.2) is 206 Å². The van der Waals surface area contributed by atoms with E-state index in [1.807, 2.05) is 0 Å². The highest BCUT2D eigenvalue weighted by Gasteiger charge is 2.34. The van der Waals surface area contributed by atoms with Gasteiger partial charge in [0.1, 0.15) is 6.07 Å². The molecule has 0 saturated carbocycles. The molecule has 14 aromatic rings. The van der Waals surface area contributed by atoms with Crippen LogP contribution in [-0.2, 0) is 0 Å². The molecule has 0 fully saturated rings. The van der Waals surface area contributed by atoms with E-state index in [1.54, 1.807) is 0 Å². The van der Waals surface area contributed by atoms with E-state index in [4.69, 9.17) is 4.85 Å². The fourth-order valence-electron chi connectivity index (χ4n) is 11.7. The summed E-state index contributed by atoms with van der Waals surface area (Å²) in [4.78, 5) is 4.72. The number of fused-ring (bicyclic) bond motifs is 12. The van der Waals surface area contributed by atoms with Gasteiger partial charge in [-0.2, -0.15) is 5.26 Å². The predicted molar refractivity (Wildman–Crippen MR) is 290 cm³/mol. The van der Waals surface area contributed by atoms with Gasteiger partial charge in [0.25, 0.3) is 0 Å². The molecule has 4 heterocycles. The van der Waals surface area contributed by atoms with Gasteiger partial charge in [-0.25, -0.2) is 4.85 Å². The van der Waals surface area contributed by atoms with Crippen LogP contribution in [0.2, 0.25) is 0 Å². The number of hydrogen-bond acceptors (Lipinski definition) is 1. The first-order valence-corrected chi connectivity index (χ1v) is 23.6. The van der Waals surface area contributed by atoms with E-state index in [0.29, 0.717) is 28.3 Å². The molecule has 10 aromatic carbocycles. The molecular formula is C64H40N6. The topological polar surface area (TPSA) is 47.9 Å². The molecule has 0 aliphatic rings. The van der Waals surface area contributed by atoms with E-state index in [-0.39, 0.29) is 0 Å². The number of nitriles is 1. The molecule has 0 amide bonds. The first-order valence-electron chi connectivity index (χ1n) is 23.6. The average Bonchev–Trinajstić information content (AvgIpc) is 4.13. The molecule has 0 spiro atoms. The van der Waals surface area contributed by atoms with Gasteiger partial charge in [0, 0.05) is 43.1 Å². The lowest BCUT2D eigenvalue weighted by Crippen LogP contribution is -2.14. The normalized spacial score (nSPS) is 11.8. The van der Waals surface area contributed by atoms with Crippen molar-refractivity contribution in [1.82, 2.24) is 18.3 Å². The largest absolute Gasteiger partial charge is 0.318 e. The van der Waals surface area contributed by atoms with Crippen molar-refractivity contribution in [2.45, 2.75) is 13.8 Å². The molecular weight excluding hydrogens is 853 g/mol. The molecule has 326 valence electrons. The maximum atomic E-state index is 12.4. The van der Waals surface area contributed by atoms with Crippen molar-refractivity contribution in [3.05, 3.63) is 234 Å². The second kappa shape index (κ2) is 14.9. The van der Waals surface area contributed by atoms with Crippen molar-refractivity contribution >= 4 is 92.9 Å². The lowest BCUT2D eigenvalue weighted by atomic mass is 9.97. The highest BCUT2D eigenvalue weighted by molar-refractivity contribution is 6.17. The summed E-state index contributed by atoms with van der Waals surface area (Å²) in [6, 6.07) is 75.5. The number of hydrogen-bond donors (Lipinski definition) is 0. The molecule has 0 saturated heterocycles. The summed E-state index contributed by atoms with van der Waals surface area (Å²) in [5.74, 6) is 0. The highest BCUT2D eigenvalue weighted by Crippen LogP contribution is 2.52. The second-order valence-electron chi connectivity index (χ2n) is 18.4. The summed E-state index contributed by atoms with van der Waals surface area (Å²) >= 11 is 0. The number of benzene rings is 10. The van der Waals surface area contributed by atoms with Crippen LogP contribution < -0.4 is 0 Å². The number of aryl methyl sites for hydroxylation is 2. The molecule has 0 aliphatic heterocycles. The summed E-state index contributed by atoms with van der Waals surface area (Å²) < 4.78 is 9.12. The van der Waals surface area contributed by atoms with Crippen LogP contribution in [0.4, 0.5) is 5.69 Å². The van der Waals surface area contributed by atoms with Gasteiger partial charge in [0.2, 0.25) is 5.69 Å². The van der Waals surface area contributed by atoms with Crippen LogP contribution in [0.1, 0.15) is 16.7 Å². The molecule has 0 aliphatic carbocycles. The maximum Gasteiger partial charge on any atom is 0.237 e. The van der Waals surface area contributed by atoms with Crippen molar-refractivity contribution in [2.24, 2.45) is 0 Å². The van der Waals surface area contributed by atoms with Crippen LogP contribution in [0.25, 0.3) is 126 Å². The summed E-state index contributed by atoms with van der Waals surface area (Å²) in [5.41, 5.74) is 15.6. The van der Waals surface area contributed by atoms with Gasteiger partial charge in [-0.05, 0) is 85.1 Å². The van der Waals surface area contributed by atoms with Gasteiger partial charge in [-0.15, -0.1) is 0 Å². The predicted octanol–water partition coefficient (Wildman–Crippen LogP) is 16.8. The zero-order valence-corrected chi connectivity index (χ0v) is 38.3. The van der Waals surface area contributed by atoms with Gasteiger partial charge in [-0.3, -0.25) is 0 Å². The van der Waals surface area contributed by atoms with E-state index in [0.717, 1.165) is 98.5 Å². The molecule has 4 aromatic heterocycles. The monoisotopic (exact) mass is 892 g/mol. The Kier molecular flexibility index (Phi) is 8.44. The quantitative estimate of drug-likeness (QED) is 0.159. The number of nitrogens with zero attached hydrogens (tertiary/aromatic N) is 6. The van der Waals surface area contributed by atoms with Gasteiger partial charge < -0.3 is 18.3 Å². The standard InChI is InChI=1S/C64H40N6/c1-39-32-33-40(2)49(36-39)41-34-35-59-50(37-41)48-24-10-17-31-58(48)67(59)61-51(38-65)62(68-52-25-11-4-18-42(52)43-19-5-12-26-53(43)68)64(70-56-29-15-8-22-46(56)47-23-9-16-30-57(47)70)63(60(61)66-3)69-54-27-13-6-20-44(54)45-21-7-14-28-55(45)69/h4-37H,1-2H3. The molecule has 0 radical (unpaired) electrons. The Morgan fingerprint density at radius 3 is 1.14 bits per heavy atom. The maximum absolute atomic E-state index is 12.4. The Morgan fingerprint density at radius 2 is 0.729 bits per heavy atom. The Bertz CT molecular complexity index is 4340. The summed E-state index contributed by atoms with van der Waals surface area (Å²) in [6.07, 6.45) is 0. The summed E-state index contributed by atoms with van der Waals surface area (Å²) in [7, 11) is 0. The third-order valence-corrected chi connectivity index (χ3v) is 14.6. The van der Waals surface area contributed by atoms with E-state index in [9.17, 15) is 11.8 Å². The van der Waals surface area contributed by atoms with Gasteiger partial charge in [0.05, 0.1) is 79.0 Å². The molecule has 0 bridgehead atoms. The highest BCUT2D eigenvalue weighted by atomic mass is 15.1. The van der Waals surface area contributed by atoms with Gasteiger partial charge >= 0.3 is 0 Å². The first-order chi connectivity index (χ1) is 34.5. The minimum atomic E-state index is 0.366. The van der Waals surface area contributed by atoms with E-state index in [2.05, 4.69) is 244 Å². The number of rotatable bonds is 5. The van der Waals surface area contributed by atoms with Crippen LogP contribution in [0.5, 0.6) is 0 Å². The average molecular weight is 893 g/mol.